The van der Waals surface area contributed by atoms with Crippen molar-refractivity contribution in [2.75, 3.05) is 20.1 Å². The maximum absolute atomic E-state index is 5.29. The van der Waals surface area contributed by atoms with E-state index in [4.69, 9.17) is 4.42 Å². The molecule has 8 nitrogen and oxygen atoms in total. The summed E-state index contributed by atoms with van der Waals surface area (Å²) in [4.78, 5) is 11.1. The van der Waals surface area contributed by atoms with Gasteiger partial charge in [-0.2, -0.15) is 0 Å². The van der Waals surface area contributed by atoms with Crippen LogP contribution in [0.2, 0.25) is 0 Å². The lowest BCUT2D eigenvalue weighted by molar-refractivity contribution is 0.173. The van der Waals surface area contributed by atoms with E-state index in [2.05, 4.69) is 63.4 Å². The molecule has 2 heterocycles. The molecule has 0 aromatic carbocycles. The second kappa shape index (κ2) is 9.96. The van der Waals surface area contributed by atoms with Crippen LogP contribution in [0.4, 0.5) is 0 Å². The molecule has 144 valence electrons. The Morgan fingerprint density at radius 1 is 1.27 bits per heavy atom. The van der Waals surface area contributed by atoms with E-state index in [-0.39, 0.29) is 0 Å². The molecule has 0 amide bonds. The fourth-order valence-corrected chi connectivity index (χ4v) is 2.86. The van der Waals surface area contributed by atoms with Crippen molar-refractivity contribution in [3.63, 3.8) is 0 Å². The zero-order chi connectivity index (χ0) is 18.9. The highest BCUT2D eigenvalue weighted by atomic mass is 16.3. The third-order valence-corrected chi connectivity index (χ3v) is 4.13. The van der Waals surface area contributed by atoms with Crippen molar-refractivity contribution in [1.29, 1.82) is 0 Å². The molecule has 0 saturated carbocycles. The molecular weight excluding hydrogens is 330 g/mol. The van der Waals surface area contributed by atoms with Gasteiger partial charge in [0.25, 0.3) is 0 Å². The van der Waals surface area contributed by atoms with E-state index in [0.717, 1.165) is 31.3 Å². The highest BCUT2D eigenvalue weighted by Gasteiger charge is 2.12. The molecule has 0 unspecified atom stereocenters. The van der Waals surface area contributed by atoms with Crippen LogP contribution in [-0.2, 0) is 6.54 Å². The molecule has 0 saturated heterocycles. The highest BCUT2D eigenvalue weighted by molar-refractivity contribution is 5.79. The van der Waals surface area contributed by atoms with E-state index in [1.165, 1.54) is 0 Å². The first-order valence-electron chi connectivity index (χ1n) is 9.16. The van der Waals surface area contributed by atoms with Gasteiger partial charge in [0.15, 0.2) is 11.7 Å². The zero-order valence-electron chi connectivity index (χ0n) is 16.4. The number of aromatic nitrogens is 3. The third kappa shape index (κ3) is 5.87. The van der Waals surface area contributed by atoms with E-state index in [1.54, 1.807) is 13.3 Å². The van der Waals surface area contributed by atoms with Gasteiger partial charge in [-0.15, -0.1) is 5.10 Å². The fourth-order valence-electron chi connectivity index (χ4n) is 2.86. The lowest BCUT2D eigenvalue weighted by Gasteiger charge is -2.30. The van der Waals surface area contributed by atoms with Gasteiger partial charge in [-0.05, 0) is 46.2 Å². The Balaban J connectivity index is 1.73. The van der Waals surface area contributed by atoms with E-state index in [9.17, 15) is 0 Å². The molecular formula is C18H31N7O. The standard InChI is InChI=1S/C18H31N7O/c1-13(2)25(14(3)4)10-7-9-20-18(19-5)21-12-16-22-17(24-23-16)15-8-6-11-26-15/h6,8,11,13-14H,7,9-10,12H2,1-5H3,(H2,19,20,21)(H,22,23,24). The number of rotatable bonds is 9. The first-order valence-corrected chi connectivity index (χ1v) is 9.16. The summed E-state index contributed by atoms with van der Waals surface area (Å²) < 4.78 is 5.29. The summed E-state index contributed by atoms with van der Waals surface area (Å²) in [5, 5.41) is 13.6. The van der Waals surface area contributed by atoms with Gasteiger partial charge < -0.3 is 15.1 Å². The van der Waals surface area contributed by atoms with Crippen LogP contribution in [-0.4, -0.2) is 58.3 Å². The second-order valence-electron chi connectivity index (χ2n) is 6.71. The minimum atomic E-state index is 0.511. The van der Waals surface area contributed by atoms with Gasteiger partial charge in [-0.1, -0.05) is 0 Å². The summed E-state index contributed by atoms with van der Waals surface area (Å²) in [6.07, 6.45) is 2.66. The van der Waals surface area contributed by atoms with Crippen LogP contribution in [0.3, 0.4) is 0 Å². The van der Waals surface area contributed by atoms with Gasteiger partial charge in [0, 0.05) is 32.2 Å². The topological polar surface area (TPSA) is 94.4 Å². The number of nitrogens with one attached hydrogen (secondary N) is 3. The van der Waals surface area contributed by atoms with Crippen LogP contribution >= 0.6 is 0 Å². The maximum Gasteiger partial charge on any atom is 0.216 e. The number of nitrogens with zero attached hydrogens (tertiary/aromatic N) is 4. The van der Waals surface area contributed by atoms with Gasteiger partial charge >= 0.3 is 0 Å². The summed E-state index contributed by atoms with van der Waals surface area (Å²) in [7, 11) is 1.76. The quantitative estimate of drug-likeness (QED) is 0.360. The van der Waals surface area contributed by atoms with Gasteiger partial charge in [-0.25, -0.2) is 4.98 Å². The summed E-state index contributed by atoms with van der Waals surface area (Å²) in [5.41, 5.74) is 0. The molecule has 0 radical (unpaired) electrons. The molecule has 0 aliphatic rings. The maximum atomic E-state index is 5.29. The minimum absolute atomic E-state index is 0.511. The third-order valence-electron chi connectivity index (χ3n) is 4.13. The molecule has 3 N–H and O–H groups in total. The molecule has 2 rings (SSSR count). The monoisotopic (exact) mass is 361 g/mol. The lowest BCUT2D eigenvalue weighted by atomic mass is 10.2. The Bertz CT molecular complexity index is 653. The van der Waals surface area contributed by atoms with Crippen molar-refractivity contribution < 1.29 is 4.42 Å². The van der Waals surface area contributed by atoms with Crippen LogP contribution in [0.1, 0.15) is 39.9 Å². The van der Waals surface area contributed by atoms with Gasteiger partial charge in [0.2, 0.25) is 5.82 Å². The Morgan fingerprint density at radius 3 is 2.65 bits per heavy atom. The largest absolute Gasteiger partial charge is 0.461 e. The fraction of sp³-hybridized carbons (Fsp3) is 0.611. The van der Waals surface area contributed by atoms with Crippen LogP contribution in [0.25, 0.3) is 11.6 Å². The van der Waals surface area contributed by atoms with E-state index in [1.807, 2.05) is 12.1 Å². The average Bonchev–Trinajstić information content (AvgIpc) is 3.27. The number of hydrogen-bond acceptors (Lipinski definition) is 5. The number of aromatic amines is 1. The number of aliphatic imine (C=N–C) groups is 1. The van der Waals surface area contributed by atoms with Crippen molar-refractivity contribution in [1.82, 2.24) is 30.7 Å². The van der Waals surface area contributed by atoms with E-state index in [0.29, 0.717) is 30.2 Å². The molecule has 2 aromatic rings. The molecule has 0 fully saturated rings. The summed E-state index contributed by atoms with van der Waals surface area (Å²) in [6.45, 7) is 11.4. The SMILES string of the molecule is CN=C(NCCCN(C(C)C)C(C)C)NCc1nc(-c2ccco2)n[nH]1. The van der Waals surface area contributed by atoms with Crippen LogP contribution < -0.4 is 10.6 Å². The zero-order valence-corrected chi connectivity index (χ0v) is 16.4. The van der Waals surface area contributed by atoms with Crippen molar-refractivity contribution >= 4 is 5.96 Å². The summed E-state index contributed by atoms with van der Waals surface area (Å²) in [6, 6.07) is 4.76. The van der Waals surface area contributed by atoms with Crippen LogP contribution in [0.5, 0.6) is 0 Å². The number of H-pyrrole nitrogens is 1. The first kappa shape index (κ1) is 20.0. The van der Waals surface area contributed by atoms with Crippen LogP contribution in [0.15, 0.2) is 27.8 Å². The Kier molecular flexibility index (Phi) is 7.65. The van der Waals surface area contributed by atoms with E-state index < -0.39 is 0 Å². The second-order valence-corrected chi connectivity index (χ2v) is 6.71. The molecule has 26 heavy (non-hydrogen) atoms. The predicted molar refractivity (Wildman–Crippen MR) is 104 cm³/mol. The molecule has 0 atom stereocenters. The van der Waals surface area contributed by atoms with Crippen molar-refractivity contribution in [3.8, 4) is 11.6 Å². The summed E-state index contributed by atoms with van der Waals surface area (Å²) >= 11 is 0. The smallest absolute Gasteiger partial charge is 0.216 e. The van der Waals surface area contributed by atoms with Gasteiger partial charge in [0.1, 0.15) is 5.82 Å². The van der Waals surface area contributed by atoms with E-state index >= 15 is 0 Å². The lowest BCUT2D eigenvalue weighted by Crippen LogP contribution is -2.41. The number of guanidine groups is 1. The van der Waals surface area contributed by atoms with Crippen molar-refractivity contribution in [2.45, 2.75) is 52.7 Å². The van der Waals surface area contributed by atoms with Crippen molar-refractivity contribution in [3.05, 3.63) is 24.2 Å². The molecule has 0 aliphatic carbocycles. The number of furan rings is 1. The normalized spacial score (nSPS) is 12.4. The minimum Gasteiger partial charge on any atom is -0.461 e. The molecule has 8 heteroatoms. The average molecular weight is 361 g/mol. The number of hydrogen-bond donors (Lipinski definition) is 3. The first-order chi connectivity index (χ1) is 12.5. The Hall–Kier alpha value is -2.35. The highest BCUT2D eigenvalue weighted by Crippen LogP contribution is 2.14. The summed E-state index contributed by atoms with van der Waals surface area (Å²) in [5.74, 6) is 2.68. The molecule has 0 spiro atoms. The predicted octanol–water partition coefficient (Wildman–Crippen LogP) is 2.24. The van der Waals surface area contributed by atoms with Gasteiger partial charge in [-0.3, -0.25) is 15.0 Å². The van der Waals surface area contributed by atoms with Crippen LogP contribution in [0, 0.1) is 0 Å². The van der Waals surface area contributed by atoms with Crippen molar-refractivity contribution in [2.24, 2.45) is 4.99 Å². The molecule has 0 aliphatic heterocycles. The molecule has 0 bridgehead atoms. The Labute approximate surface area is 155 Å². The van der Waals surface area contributed by atoms with Gasteiger partial charge in [0.05, 0.1) is 12.8 Å². The Morgan fingerprint density at radius 2 is 2.04 bits per heavy atom. The molecule has 2 aromatic heterocycles.